The Morgan fingerprint density at radius 2 is 1.68 bits per heavy atom. The van der Waals surface area contributed by atoms with Gasteiger partial charge < -0.3 is 9.47 Å². The van der Waals surface area contributed by atoms with Crippen molar-refractivity contribution in [1.82, 2.24) is 0 Å². The maximum absolute atomic E-state index is 11.8. The van der Waals surface area contributed by atoms with Crippen LogP contribution < -0.4 is 4.74 Å². The zero-order chi connectivity index (χ0) is 15.5. The number of methoxy groups -OCH3 is 1. The molecule has 0 unspecified atom stereocenters. The molecule has 0 atom stereocenters. The van der Waals surface area contributed by atoms with Crippen molar-refractivity contribution >= 4 is 32.7 Å². The molecule has 0 aliphatic heterocycles. The van der Waals surface area contributed by atoms with E-state index in [2.05, 4.69) is 15.9 Å². The number of esters is 1. The van der Waals surface area contributed by atoms with Crippen LogP contribution in [0, 0.1) is 0 Å². The fraction of sp³-hybridized carbons (Fsp3) is 0.0556. The fourth-order valence-electron chi connectivity index (χ4n) is 2.22. The number of benzene rings is 3. The number of hydrogen-bond donors (Lipinski definition) is 0. The van der Waals surface area contributed by atoms with Crippen molar-refractivity contribution in [2.75, 3.05) is 7.11 Å². The summed E-state index contributed by atoms with van der Waals surface area (Å²) in [7, 11) is 1.35. The first-order chi connectivity index (χ1) is 10.7. The predicted molar refractivity (Wildman–Crippen MR) is 89.5 cm³/mol. The third-order valence-electron chi connectivity index (χ3n) is 3.29. The van der Waals surface area contributed by atoms with Crippen LogP contribution in [0.5, 0.6) is 11.5 Å². The van der Waals surface area contributed by atoms with E-state index in [-0.39, 0.29) is 0 Å². The molecule has 3 aromatic carbocycles. The summed E-state index contributed by atoms with van der Waals surface area (Å²) in [5.74, 6) is 0.734. The molecule has 0 N–H and O–H groups in total. The Morgan fingerprint density at radius 1 is 0.955 bits per heavy atom. The quantitative estimate of drug-likeness (QED) is 0.606. The molecule has 22 heavy (non-hydrogen) atoms. The van der Waals surface area contributed by atoms with Gasteiger partial charge in [-0.05, 0) is 47.2 Å². The SMILES string of the molecule is COC(=O)c1ccccc1Oc1ccc2cc(Br)ccc2c1. The van der Waals surface area contributed by atoms with E-state index in [9.17, 15) is 4.79 Å². The Kier molecular flexibility index (Phi) is 4.11. The van der Waals surface area contributed by atoms with E-state index in [0.29, 0.717) is 17.1 Å². The third-order valence-corrected chi connectivity index (χ3v) is 3.79. The highest BCUT2D eigenvalue weighted by molar-refractivity contribution is 9.10. The molecule has 0 heterocycles. The van der Waals surface area contributed by atoms with Crippen molar-refractivity contribution in [2.45, 2.75) is 0 Å². The molecule has 3 aromatic rings. The van der Waals surface area contributed by atoms with E-state index in [1.54, 1.807) is 18.2 Å². The standard InChI is InChI=1S/C18H13BrO3/c1-21-18(20)16-4-2-3-5-17(16)22-15-9-7-12-10-14(19)8-6-13(12)11-15/h2-11H,1H3. The lowest BCUT2D eigenvalue weighted by Crippen LogP contribution is -2.03. The van der Waals surface area contributed by atoms with E-state index >= 15 is 0 Å². The highest BCUT2D eigenvalue weighted by atomic mass is 79.9. The van der Waals surface area contributed by atoms with Crippen molar-refractivity contribution < 1.29 is 14.3 Å². The van der Waals surface area contributed by atoms with Crippen LogP contribution in [0.25, 0.3) is 10.8 Å². The first-order valence-electron chi connectivity index (χ1n) is 6.72. The zero-order valence-corrected chi connectivity index (χ0v) is 13.5. The highest BCUT2D eigenvalue weighted by Gasteiger charge is 2.12. The third kappa shape index (κ3) is 2.97. The van der Waals surface area contributed by atoms with Crippen molar-refractivity contribution in [3.05, 3.63) is 70.7 Å². The van der Waals surface area contributed by atoms with Crippen molar-refractivity contribution in [2.24, 2.45) is 0 Å². The number of halogens is 1. The van der Waals surface area contributed by atoms with E-state index in [1.807, 2.05) is 42.5 Å². The molecule has 0 aliphatic rings. The molecular formula is C18H13BrO3. The number of fused-ring (bicyclic) bond motifs is 1. The Bertz CT molecular complexity index is 843. The van der Waals surface area contributed by atoms with Crippen molar-refractivity contribution in [3.63, 3.8) is 0 Å². The summed E-state index contributed by atoms with van der Waals surface area (Å²) in [5, 5.41) is 2.18. The summed E-state index contributed by atoms with van der Waals surface area (Å²) in [6, 6.07) is 18.9. The first-order valence-corrected chi connectivity index (χ1v) is 7.51. The van der Waals surface area contributed by atoms with Crippen LogP contribution in [0.15, 0.2) is 65.1 Å². The normalized spacial score (nSPS) is 10.5. The van der Waals surface area contributed by atoms with Crippen LogP contribution in [0.1, 0.15) is 10.4 Å². The molecule has 0 fully saturated rings. The average molecular weight is 357 g/mol. The molecule has 0 amide bonds. The Balaban J connectivity index is 1.97. The van der Waals surface area contributed by atoms with Gasteiger partial charge in [0.15, 0.2) is 0 Å². The number of rotatable bonds is 3. The van der Waals surface area contributed by atoms with Crippen molar-refractivity contribution in [3.8, 4) is 11.5 Å². The van der Waals surface area contributed by atoms with Crippen LogP contribution >= 0.6 is 15.9 Å². The number of ether oxygens (including phenoxy) is 2. The first kappa shape index (κ1) is 14.6. The van der Waals surface area contributed by atoms with Gasteiger partial charge in [0.2, 0.25) is 0 Å². The van der Waals surface area contributed by atoms with Crippen LogP contribution in [0.4, 0.5) is 0 Å². The lowest BCUT2D eigenvalue weighted by molar-refractivity contribution is 0.0598. The minimum atomic E-state index is -0.416. The molecular weight excluding hydrogens is 344 g/mol. The summed E-state index contributed by atoms with van der Waals surface area (Å²) in [6.07, 6.45) is 0. The van der Waals surface area contributed by atoms with Gasteiger partial charge in [0.05, 0.1) is 7.11 Å². The van der Waals surface area contributed by atoms with Gasteiger partial charge in [-0.15, -0.1) is 0 Å². The van der Waals surface area contributed by atoms with Gasteiger partial charge in [0, 0.05) is 4.47 Å². The molecule has 3 nitrogen and oxygen atoms in total. The van der Waals surface area contributed by atoms with E-state index in [0.717, 1.165) is 15.2 Å². The van der Waals surface area contributed by atoms with E-state index < -0.39 is 5.97 Å². The van der Waals surface area contributed by atoms with E-state index in [1.165, 1.54) is 7.11 Å². The molecule has 0 radical (unpaired) electrons. The molecule has 0 spiro atoms. The van der Waals surface area contributed by atoms with Gasteiger partial charge >= 0.3 is 5.97 Å². The molecule has 0 bridgehead atoms. The monoisotopic (exact) mass is 356 g/mol. The van der Waals surface area contributed by atoms with Gasteiger partial charge in [-0.3, -0.25) is 0 Å². The second-order valence-corrected chi connectivity index (χ2v) is 5.66. The average Bonchev–Trinajstić information content (AvgIpc) is 2.55. The van der Waals surface area contributed by atoms with Gasteiger partial charge in [-0.1, -0.05) is 40.2 Å². The van der Waals surface area contributed by atoms with Crippen LogP contribution in [0.3, 0.4) is 0 Å². The Labute approximate surface area is 136 Å². The smallest absolute Gasteiger partial charge is 0.341 e. The maximum Gasteiger partial charge on any atom is 0.341 e. The number of hydrogen-bond acceptors (Lipinski definition) is 3. The largest absolute Gasteiger partial charge is 0.465 e. The summed E-state index contributed by atoms with van der Waals surface area (Å²) in [4.78, 5) is 11.8. The summed E-state index contributed by atoms with van der Waals surface area (Å²) in [6.45, 7) is 0. The molecule has 0 saturated carbocycles. The second-order valence-electron chi connectivity index (χ2n) is 4.74. The van der Waals surface area contributed by atoms with Gasteiger partial charge in [-0.2, -0.15) is 0 Å². The molecule has 110 valence electrons. The number of carbonyl (C=O) groups is 1. The maximum atomic E-state index is 11.8. The van der Waals surface area contributed by atoms with Crippen LogP contribution in [0.2, 0.25) is 0 Å². The molecule has 0 aromatic heterocycles. The lowest BCUT2D eigenvalue weighted by atomic mass is 10.1. The van der Waals surface area contributed by atoms with E-state index in [4.69, 9.17) is 9.47 Å². The topological polar surface area (TPSA) is 35.5 Å². The Hall–Kier alpha value is -2.33. The molecule has 0 aliphatic carbocycles. The highest BCUT2D eigenvalue weighted by Crippen LogP contribution is 2.29. The Morgan fingerprint density at radius 3 is 2.50 bits per heavy atom. The summed E-state index contributed by atoms with van der Waals surface area (Å²) >= 11 is 3.46. The molecule has 3 rings (SSSR count). The fourth-order valence-corrected chi connectivity index (χ4v) is 2.60. The lowest BCUT2D eigenvalue weighted by Gasteiger charge is -2.10. The van der Waals surface area contributed by atoms with Gasteiger partial charge in [-0.25, -0.2) is 4.79 Å². The van der Waals surface area contributed by atoms with Crippen LogP contribution in [-0.4, -0.2) is 13.1 Å². The number of carbonyl (C=O) groups excluding carboxylic acids is 1. The van der Waals surface area contributed by atoms with Gasteiger partial charge in [0.1, 0.15) is 17.1 Å². The minimum Gasteiger partial charge on any atom is -0.465 e. The molecule has 0 saturated heterocycles. The van der Waals surface area contributed by atoms with Gasteiger partial charge in [0.25, 0.3) is 0 Å². The zero-order valence-electron chi connectivity index (χ0n) is 11.9. The van der Waals surface area contributed by atoms with Crippen molar-refractivity contribution in [1.29, 1.82) is 0 Å². The minimum absolute atomic E-state index is 0.404. The van der Waals surface area contributed by atoms with Crippen LogP contribution in [-0.2, 0) is 4.74 Å². The predicted octanol–water partition coefficient (Wildman–Crippen LogP) is 5.18. The number of para-hydroxylation sites is 1. The summed E-state index contributed by atoms with van der Waals surface area (Å²) < 4.78 is 11.7. The summed E-state index contributed by atoms with van der Waals surface area (Å²) in [5.41, 5.74) is 0.404. The second kappa shape index (κ2) is 6.20. The molecule has 4 heteroatoms.